The Morgan fingerprint density at radius 3 is 2.95 bits per heavy atom. The fourth-order valence-corrected chi connectivity index (χ4v) is 3.60. The minimum absolute atomic E-state index is 0.0496. The molecule has 1 N–H and O–H groups in total. The van der Waals surface area contributed by atoms with Gasteiger partial charge in [-0.15, -0.1) is 0 Å². The lowest BCUT2D eigenvalue weighted by Gasteiger charge is -2.41. The third-order valence-corrected chi connectivity index (χ3v) is 4.82. The Morgan fingerprint density at radius 2 is 2.18 bits per heavy atom. The molecule has 6 heteroatoms. The number of hydrogen-bond acceptors (Lipinski definition) is 3. The highest BCUT2D eigenvalue weighted by Crippen LogP contribution is 2.20. The van der Waals surface area contributed by atoms with E-state index in [1.54, 1.807) is 0 Å². The molecule has 0 radical (unpaired) electrons. The fourth-order valence-electron chi connectivity index (χ4n) is 3.20. The number of halogens is 1. The van der Waals surface area contributed by atoms with Crippen LogP contribution in [-0.4, -0.2) is 60.4 Å². The molecule has 1 unspecified atom stereocenters. The molecule has 118 valence electrons. The van der Waals surface area contributed by atoms with Gasteiger partial charge in [0.1, 0.15) is 0 Å². The highest BCUT2D eigenvalue weighted by atomic mass is 79.9. The van der Waals surface area contributed by atoms with Gasteiger partial charge in [-0.25, -0.2) is 0 Å². The summed E-state index contributed by atoms with van der Waals surface area (Å²) in [4.78, 5) is 28.5. The Labute approximate surface area is 138 Å². The molecule has 5 nitrogen and oxygen atoms in total. The molecule has 22 heavy (non-hydrogen) atoms. The highest BCUT2D eigenvalue weighted by Gasteiger charge is 2.31. The van der Waals surface area contributed by atoms with Gasteiger partial charge in [0.05, 0.1) is 6.54 Å². The second-order valence-electron chi connectivity index (χ2n) is 5.82. The molecular formula is C16H20BrN3O2. The number of hydrogen-bond donors (Lipinski definition) is 1. The molecule has 0 aromatic heterocycles. The zero-order valence-electron chi connectivity index (χ0n) is 12.4. The van der Waals surface area contributed by atoms with Gasteiger partial charge in [-0.3, -0.25) is 9.59 Å². The van der Waals surface area contributed by atoms with E-state index in [0.29, 0.717) is 18.7 Å². The molecule has 1 aromatic rings. The number of carbonyl (C=O) groups excluding carboxylic acids is 2. The van der Waals surface area contributed by atoms with Gasteiger partial charge in [0.2, 0.25) is 5.91 Å². The highest BCUT2D eigenvalue weighted by molar-refractivity contribution is 9.10. The number of amides is 2. The van der Waals surface area contributed by atoms with Gasteiger partial charge in [0.15, 0.2) is 0 Å². The van der Waals surface area contributed by atoms with Crippen LogP contribution in [0.1, 0.15) is 23.2 Å². The first-order chi connectivity index (χ1) is 10.6. The van der Waals surface area contributed by atoms with E-state index in [1.807, 2.05) is 34.1 Å². The van der Waals surface area contributed by atoms with Crippen LogP contribution in [0.3, 0.4) is 0 Å². The van der Waals surface area contributed by atoms with E-state index < -0.39 is 0 Å². The average molecular weight is 366 g/mol. The Kier molecular flexibility index (Phi) is 4.78. The third-order valence-electron chi connectivity index (χ3n) is 4.32. The van der Waals surface area contributed by atoms with Crippen LogP contribution < -0.4 is 5.32 Å². The average Bonchev–Trinajstić information content (AvgIpc) is 2.55. The van der Waals surface area contributed by atoms with E-state index in [9.17, 15) is 9.59 Å². The van der Waals surface area contributed by atoms with Gasteiger partial charge in [0.25, 0.3) is 5.91 Å². The van der Waals surface area contributed by atoms with Crippen LogP contribution in [0.2, 0.25) is 0 Å². The molecule has 3 rings (SSSR count). The molecular weight excluding hydrogens is 346 g/mol. The van der Waals surface area contributed by atoms with Gasteiger partial charge in [-0.2, -0.15) is 0 Å². The maximum atomic E-state index is 12.7. The number of rotatable bonds is 2. The van der Waals surface area contributed by atoms with Crippen molar-refractivity contribution in [3.63, 3.8) is 0 Å². The van der Waals surface area contributed by atoms with Crippen molar-refractivity contribution in [2.75, 3.05) is 32.7 Å². The first kappa shape index (κ1) is 15.5. The SMILES string of the molecule is O=C(c1cccc(Br)c1)N1CCCC(N2CCNCC2=O)C1. The summed E-state index contributed by atoms with van der Waals surface area (Å²) in [6.45, 7) is 3.39. The van der Waals surface area contributed by atoms with Crippen LogP contribution in [0.25, 0.3) is 0 Å². The quantitative estimate of drug-likeness (QED) is 0.863. The van der Waals surface area contributed by atoms with E-state index in [1.165, 1.54) is 0 Å². The Hall–Kier alpha value is -1.40. The van der Waals surface area contributed by atoms with Crippen molar-refractivity contribution in [2.45, 2.75) is 18.9 Å². The van der Waals surface area contributed by atoms with Gasteiger partial charge in [-0.05, 0) is 31.0 Å². The predicted molar refractivity (Wildman–Crippen MR) is 87.7 cm³/mol. The molecule has 2 aliphatic heterocycles. The summed E-state index contributed by atoms with van der Waals surface area (Å²) in [5.41, 5.74) is 0.696. The molecule has 0 aliphatic carbocycles. The fraction of sp³-hybridized carbons (Fsp3) is 0.500. The van der Waals surface area contributed by atoms with Crippen molar-refractivity contribution in [1.82, 2.24) is 15.1 Å². The predicted octanol–water partition coefficient (Wildman–Crippen LogP) is 1.49. The number of piperidine rings is 1. The molecule has 2 heterocycles. The van der Waals surface area contributed by atoms with Crippen molar-refractivity contribution < 1.29 is 9.59 Å². The smallest absolute Gasteiger partial charge is 0.253 e. The summed E-state index contributed by atoms with van der Waals surface area (Å²) in [7, 11) is 0. The van der Waals surface area contributed by atoms with Crippen molar-refractivity contribution in [3.8, 4) is 0 Å². The summed E-state index contributed by atoms with van der Waals surface area (Å²) in [5, 5.41) is 3.09. The molecule has 1 aromatic carbocycles. The van der Waals surface area contributed by atoms with Gasteiger partial charge in [-0.1, -0.05) is 22.0 Å². The number of nitrogens with one attached hydrogen (secondary N) is 1. The minimum Gasteiger partial charge on any atom is -0.337 e. The van der Waals surface area contributed by atoms with E-state index in [4.69, 9.17) is 0 Å². The Bertz CT molecular complexity index is 578. The van der Waals surface area contributed by atoms with Crippen molar-refractivity contribution in [1.29, 1.82) is 0 Å². The first-order valence-electron chi connectivity index (χ1n) is 7.70. The molecule has 0 spiro atoms. The Balaban J connectivity index is 1.70. The summed E-state index contributed by atoms with van der Waals surface area (Å²) in [6.07, 6.45) is 1.93. The zero-order chi connectivity index (χ0) is 15.5. The summed E-state index contributed by atoms with van der Waals surface area (Å²) in [6, 6.07) is 7.63. The van der Waals surface area contributed by atoms with E-state index in [0.717, 1.165) is 36.9 Å². The van der Waals surface area contributed by atoms with Crippen LogP contribution in [-0.2, 0) is 4.79 Å². The maximum absolute atomic E-state index is 12.7. The third kappa shape index (κ3) is 3.33. The molecule has 2 aliphatic rings. The van der Waals surface area contributed by atoms with Crippen LogP contribution in [0.4, 0.5) is 0 Å². The number of likely N-dealkylation sites (tertiary alicyclic amines) is 1. The summed E-state index contributed by atoms with van der Waals surface area (Å²) in [5.74, 6) is 0.196. The summed E-state index contributed by atoms with van der Waals surface area (Å²) >= 11 is 3.41. The van der Waals surface area contributed by atoms with Crippen molar-refractivity contribution in [3.05, 3.63) is 34.3 Å². The van der Waals surface area contributed by atoms with E-state index in [2.05, 4.69) is 21.2 Å². The van der Waals surface area contributed by atoms with Crippen LogP contribution in [0.5, 0.6) is 0 Å². The molecule has 0 saturated carbocycles. The van der Waals surface area contributed by atoms with E-state index >= 15 is 0 Å². The largest absolute Gasteiger partial charge is 0.337 e. The summed E-state index contributed by atoms with van der Waals surface area (Å²) < 4.78 is 0.907. The molecule has 0 bridgehead atoms. The van der Waals surface area contributed by atoms with Crippen molar-refractivity contribution >= 4 is 27.7 Å². The molecule has 2 amide bonds. The second kappa shape index (κ2) is 6.79. The second-order valence-corrected chi connectivity index (χ2v) is 6.74. The number of benzene rings is 1. The molecule has 2 saturated heterocycles. The maximum Gasteiger partial charge on any atom is 0.253 e. The van der Waals surface area contributed by atoms with Gasteiger partial charge < -0.3 is 15.1 Å². The molecule has 1 atom stereocenters. The van der Waals surface area contributed by atoms with Crippen molar-refractivity contribution in [2.24, 2.45) is 0 Å². The normalized spacial score (nSPS) is 22.8. The number of carbonyl (C=O) groups is 2. The monoisotopic (exact) mass is 365 g/mol. The lowest BCUT2D eigenvalue weighted by Crippen LogP contribution is -2.57. The minimum atomic E-state index is 0.0496. The lowest BCUT2D eigenvalue weighted by atomic mass is 10.0. The van der Waals surface area contributed by atoms with E-state index in [-0.39, 0.29) is 17.9 Å². The number of piperazine rings is 1. The molecule has 2 fully saturated rings. The van der Waals surface area contributed by atoms with Gasteiger partial charge >= 0.3 is 0 Å². The van der Waals surface area contributed by atoms with Crippen LogP contribution >= 0.6 is 15.9 Å². The zero-order valence-corrected chi connectivity index (χ0v) is 14.0. The van der Waals surface area contributed by atoms with Crippen LogP contribution in [0, 0.1) is 0 Å². The van der Waals surface area contributed by atoms with Crippen LogP contribution in [0.15, 0.2) is 28.7 Å². The number of nitrogens with zero attached hydrogens (tertiary/aromatic N) is 2. The first-order valence-corrected chi connectivity index (χ1v) is 8.49. The topological polar surface area (TPSA) is 52.7 Å². The van der Waals surface area contributed by atoms with Gasteiger partial charge in [0, 0.05) is 42.3 Å². The Morgan fingerprint density at radius 1 is 1.32 bits per heavy atom. The standard InChI is InChI=1S/C16H20BrN3O2/c17-13-4-1-3-12(9-13)16(22)19-7-2-5-14(11-19)20-8-6-18-10-15(20)21/h1,3-4,9,14,18H,2,5-8,10-11H2. The lowest BCUT2D eigenvalue weighted by molar-refractivity contribution is -0.135.